The number of furan rings is 1. The first-order chi connectivity index (χ1) is 18.3. The van der Waals surface area contributed by atoms with Crippen molar-refractivity contribution in [1.29, 1.82) is 0 Å². The third kappa shape index (κ3) is 5.76. The summed E-state index contributed by atoms with van der Waals surface area (Å²) in [5, 5.41) is 6.96. The van der Waals surface area contributed by atoms with E-state index in [0.29, 0.717) is 54.9 Å². The second kappa shape index (κ2) is 11.0. The Kier molecular flexibility index (Phi) is 7.53. The molecule has 2 heterocycles. The molecule has 0 aliphatic carbocycles. The maximum absolute atomic E-state index is 12.4. The van der Waals surface area contributed by atoms with Crippen molar-refractivity contribution >= 4 is 80.9 Å². The molecule has 2 N–H and O–H groups in total. The molecule has 0 bridgehead atoms. The largest absolute Gasteiger partial charge is 0.457 e. The molecule has 190 valence electrons. The van der Waals surface area contributed by atoms with Crippen LogP contribution in [0.4, 0.5) is 5.69 Å². The number of carbonyl (C=O) groups is 1. The number of hydrogen-bond donors (Lipinski definition) is 2. The quantitative estimate of drug-likeness (QED) is 0.160. The molecule has 0 fully saturated rings. The van der Waals surface area contributed by atoms with Crippen molar-refractivity contribution in [2.24, 2.45) is 0 Å². The maximum Gasteiger partial charge on any atom is 0.250 e. The number of fused-ring (bicyclic) bond motifs is 1. The number of halogens is 3. The van der Waals surface area contributed by atoms with Gasteiger partial charge in [0.15, 0.2) is 10.7 Å². The van der Waals surface area contributed by atoms with E-state index in [9.17, 15) is 4.79 Å². The van der Waals surface area contributed by atoms with Crippen LogP contribution in [0.15, 0.2) is 81.6 Å². The van der Waals surface area contributed by atoms with Gasteiger partial charge in [0.25, 0.3) is 0 Å². The summed E-state index contributed by atoms with van der Waals surface area (Å²) < 4.78 is 11.6. The van der Waals surface area contributed by atoms with E-state index in [4.69, 9.17) is 55.9 Å². The van der Waals surface area contributed by atoms with E-state index in [0.717, 1.165) is 11.1 Å². The van der Waals surface area contributed by atoms with Crippen LogP contribution in [0.1, 0.15) is 11.3 Å². The van der Waals surface area contributed by atoms with Gasteiger partial charge in [-0.25, -0.2) is 4.98 Å². The Balaban J connectivity index is 1.24. The molecule has 0 unspecified atom stereocenters. The summed E-state index contributed by atoms with van der Waals surface area (Å²) in [5.41, 5.74) is 4.33. The van der Waals surface area contributed by atoms with E-state index in [1.807, 2.05) is 25.1 Å². The molecule has 2 aromatic heterocycles. The Labute approximate surface area is 238 Å². The second-order valence-electron chi connectivity index (χ2n) is 8.26. The van der Waals surface area contributed by atoms with Crippen LogP contribution in [-0.2, 0) is 4.79 Å². The van der Waals surface area contributed by atoms with Gasteiger partial charge in [-0.2, -0.15) is 0 Å². The molecule has 5 rings (SSSR count). The lowest BCUT2D eigenvalue weighted by Crippen LogP contribution is -2.32. The van der Waals surface area contributed by atoms with E-state index in [1.165, 1.54) is 12.2 Å². The molecule has 0 aliphatic heterocycles. The fourth-order valence-electron chi connectivity index (χ4n) is 3.67. The number of hydrogen-bond acceptors (Lipinski definition) is 5. The van der Waals surface area contributed by atoms with Gasteiger partial charge >= 0.3 is 0 Å². The molecule has 1 amide bonds. The van der Waals surface area contributed by atoms with Crippen LogP contribution >= 0.6 is 47.0 Å². The Morgan fingerprint density at radius 2 is 1.79 bits per heavy atom. The summed E-state index contributed by atoms with van der Waals surface area (Å²) in [5.74, 6) is 0.932. The van der Waals surface area contributed by atoms with Crippen molar-refractivity contribution in [1.82, 2.24) is 10.3 Å². The SMILES string of the molecule is Cc1ccc2oc(-c3cc(NC(=S)NC(=O)C=Cc4ccc(-c5cccc(Cl)c5Cl)o4)ccc3Cl)nc2c1. The van der Waals surface area contributed by atoms with Gasteiger partial charge in [-0.05, 0) is 85.4 Å². The smallest absolute Gasteiger partial charge is 0.250 e. The fraction of sp³-hybridized carbons (Fsp3) is 0.0357. The highest BCUT2D eigenvalue weighted by Crippen LogP contribution is 2.35. The zero-order chi connectivity index (χ0) is 26.8. The van der Waals surface area contributed by atoms with Crippen LogP contribution in [0.2, 0.25) is 15.1 Å². The molecule has 0 saturated heterocycles. The normalized spacial score (nSPS) is 11.3. The summed E-state index contributed by atoms with van der Waals surface area (Å²) in [6.45, 7) is 1.98. The van der Waals surface area contributed by atoms with E-state index in [-0.39, 0.29) is 5.11 Å². The van der Waals surface area contributed by atoms with Gasteiger partial charge in [-0.1, -0.05) is 46.9 Å². The van der Waals surface area contributed by atoms with Crippen molar-refractivity contribution in [3.63, 3.8) is 0 Å². The number of carbonyl (C=O) groups excluding carboxylic acids is 1. The first-order valence-electron chi connectivity index (χ1n) is 11.3. The van der Waals surface area contributed by atoms with E-state index in [2.05, 4.69) is 15.6 Å². The van der Waals surface area contributed by atoms with Crippen LogP contribution in [0, 0.1) is 6.92 Å². The van der Waals surface area contributed by atoms with Crippen LogP contribution in [0.25, 0.3) is 40.0 Å². The average molecular weight is 583 g/mol. The molecule has 3 aromatic carbocycles. The lowest BCUT2D eigenvalue weighted by atomic mass is 10.2. The van der Waals surface area contributed by atoms with Crippen molar-refractivity contribution < 1.29 is 13.6 Å². The van der Waals surface area contributed by atoms with Gasteiger partial charge in [0.05, 0.1) is 20.6 Å². The highest BCUT2D eigenvalue weighted by molar-refractivity contribution is 7.80. The molecule has 0 aliphatic rings. The number of nitrogens with one attached hydrogen (secondary N) is 2. The minimum Gasteiger partial charge on any atom is -0.457 e. The number of aryl methyl sites for hydroxylation is 1. The van der Waals surface area contributed by atoms with Crippen LogP contribution < -0.4 is 10.6 Å². The lowest BCUT2D eigenvalue weighted by molar-refractivity contribution is -0.115. The van der Waals surface area contributed by atoms with Crippen molar-refractivity contribution in [3.05, 3.63) is 99.2 Å². The molecule has 10 heteroatoms. The number of aromatic nitrogens is 1. The minimum atomic E-state index is -0.440. The number of thiocarbonyl (C=S) groups is 1. The van der Waals surface area contributed by atoms with Crippen LogP contribution in [0.5, 0.6) is 0 Å². The standard InChI is InChI=1S/C28H18Cl3N3O3S/c1-15-5-10-24-22(13-15)33-27(37-24)19-14-16(6-9-20(19)29)32-28(38)34-25(35)12-8-17-7-11-23(36-17)18-3-2-4-21(30)26(18)31/h2-14H,1H3,(H2,32,34,35,38). The third-order valence-corrected chi connectivity index (χ3v) is 6.83. The number of nitrogens with zero attached hydrogens (tertiary/aromatic N) is 1. The predicted octanol–water partition coefficient (Wildman–Crippen LogP) is 8.55. The summed E-state index contributed by atoms with van der Waals surface area (Å²) in [6.07, 6.45) is 2.83. The molecule has 0 atom stereocenters. The Bertz CT molecular complexity index is 1730. The van der Waals surface area contributed by atoms with E-state index in [1.54, 1.807) is 48.5 Å². The van der Waals surface area contributed by atoms with Crippen molar-refractivity contribution in [2.75, 3.05) is 5.32 Å². The minimum absolute atomic E-state index is 0.104. The molecule has 0 saturated carbocycles. The third-order valence-electron chi connectivity index (χ3n) is 5.48. The van der Waals surface area contributed by atoms with E-state index < -0.39 is 5.91 Å². The maximum atomic E-state index is 12.4. The molecule has 38 heavy (non-hydrogen) atoms. The summed E-state index contributed by atoms with van der Waals surface area (Å²) >= 11 is 24.0. The highest BCUT2D eigenvalue weighted by atomic mass is 35.5. The van der Waals surface area contributed by atoms with Crippen LogP contribution in [0.3, 0.4) is 0 Å². The second-order valence-corrected chi connectivity index (χ2v) is 9.87. The number of rotatable bonds is 5. The predicted molar refractivity (Wildman–Crippen MR) is 157 cm³/mol. The van der Waals surface area contributed by atoms with Gasteiger partial charge in [-0.3, -0.25) is 10.1 Å². The summed E-state index contributed by atoms with van der Waals surface area (Å²) in [6, 6.07) is 19.7. The molecule has 0 radical (unpaired) electrons. The van der Waals surface area contributed by atoms with Gasteiger partial charge in [0.2, 0.25) is 11.8 Å². The molecule has 6 nitrogen and oxygen atoms in total. The number of benzene rings is 3. The molecule has 5 aromatic rings. The van der Waals surface area contributed by atoms with E-state index >= 15 is 0 Å². The van der Waals surface area contributed by atoms with Gasteiger partial charge in [0, 0.05) is 17.3 Å². The molecule has 0 spiro atoms. The van der Waals surface area contributed by atoms with Gasteiger partial charge in [-0.15, -0.1) is 0 Å². The Hall–Kier alpha value is -3.62. The van der Waals surface area contributed by atoms with Crippen LogP contribution in [-0.4, -0.2) is 16.0 Å². The lowest BCUT2D eigenvalue weighted by Gasteiger charge is -2.09. The van der Waals surface area contributed by atoms with Crippen molar-refractivity contribution in [2.45, 2.75) is 6.92 Å². The summed E-state index contributed by atoms with van der Waals surface area (Å²) in [7, 11) is 0. The number of amides is 1. The zero-order valence-electron chi connectivity index (χ0n) is 19.7. The first-order valence-corrected chi connectivity index (χ1v) is 12.8. The topological polar surface area (TPSA) is 80.3 Å². The average Bonchev–Trinajstić information content (AvgIpc) is 3.52. The van der Waals surface area contributed by atoms with Gasteiger partial charge in [0.1, 0.15) is 17.0 Å². The Morgan fingerprint density at radius 3 is 2.63 bits per heavy atom. The Morgan fingerprint density at radius 1 is 0.947 bits per heavy atom. The number of oxazole rings is 1. The fourth-order valence-corrected chi connectivity index (χ4v) is 4.49. The monoisotopic (exact) mass is 581 g/mol. The van der Waals surface area contributed by atoms with Crippen molar-refractivity contribution in [3.8, 4) is 22.8 Å². The first kappa shape index (κ1) is 26.0. The van der Waals surface area contributed by atoms with Gasteiger partial charge < -0.3 is 14.2 Å². The number of anilines is 1. The zero-order valence-corrected chi connectivity index (χ0v) is 22.8. The molecular formula is C28H18Cl3N3O3S. The highest BCUT2D eigenvalue weighted by Gasteiger charge is 2.14. The molecular weight excluding hydrogens is 565 g/mol. The summed E-state index contributed by atoms with van der Waals surface area (Å²) in [4.78, 5) is 17.0.